The van der Waals surface area contributed by atoms with Crippen molar-refractivity contribution in [2.24, 2.45) is 0 Å². The number of hydrogen-bond donors (Lipinski definition) is 0. The van der Waals surface area contributed by atoms with Gasteiger partial charge in [-0.3, -0.25) is 9.59 Å². The van der Waals surface area contributed by atoms with Gasteiger partial charge in [-0.2, -0.15) is 0 Å². The highest BCUT2D eigenvalue weighted by molar-refractivity contribution is 5.85. The quantitative estimate of drug-likeness (QED) is 0.470. The first kappa shape index (κ1) is 5.28. The molecule has 0 aromatic rings. The number of carbonyl (C=O) groups excluding carboxylic acids is 2. The molecule has 0 heterocycles. The van der Waals surface area contributed by atoms with E-state index in [0.29, 0.717) is 19.3 Å². The van der Waals surface area contributed by atoms with Gasteiger partial charge in [0.05, 0.1) is 0 Å². The second-order valence-electron chi connectivity index (χ2n) is 1.80. The van der Waals surface area contributed by atoms with Crippen molar-refractivity contribution < 1.29 is 14.3 Å². The molecule has 0 radical (unpaired) electrons. The first-order valence-electron chi connectivity index (χ1n) is 2.43. The maximum Gasteiger partial charge on any atom is 0.293 e. The van der Waals surface area contributed by atoms with E-state index in [9.17, 15) is 9.59 Å². The summed E-state index contributed by atoms with van der Waals surface area (Å²) in [6.07, 6.45) is 0.720. The molecular weight excluding hydrogens is 108 g/mol. The second kappa shape index (κ2) is 1.94. The van der Waals surface area contributed by atoms with Crippen LogP contribution in [0, 0.1) is 0 Å². The van der Waals surface area contributed by atoms with Crippen LogP contribution in [-0.2, 0) is 14.3 Å². The van der Waals surface area contributed by atoms with E-state index in [1.165, 1.54) is 0 Å². The Hall–Kier alpha value is -0.860. The molecule has 1 fully saturated rings. The minimum absolute atomic E-state index is 0.111. The van der Waals surface area contributed by atoms with Gasteiger partial charge in [-0.15, -0.1) is 0 Å². The van der Waals surface area contributed by atoms with Crippen molar-refractivity contribution in [1.82, 2.24) is 0 Å². The summed E-state index contributed by atoms with van der Waals surface area (Å²) in [5.74, 6) is 0.178. The van der Waals surface area contributed by atoms with Gasteiger partial charge >= 0.3 is 0 Å². The van der Waals surface area contributed by atoms with Gasteiger partial charge in [0, 0.05) is 12.8 Å². The molecule has 3 heteroatoms. The normalized spacial score (nSPS) is 19.8. The van der Waals surface area contributed by atoms with Gasteiger partial charge in [-0.25, -0.2) is 0 Å². The van der Waals surface area contributed by atoms with Gasteiger partial charge in [-0.05, 0) is 0 Å². The third kappa shape index (κ3) is 0.857. The van der Waals surface area contributed by atoms with Crippen LogP contribution in [0.4, 0.5) is 0 Å². The molecular formula is C5H6O3. The van der Waals surface area contributed by atoms with E-state index in [2.05, 4.69) is 4.74 Å². The summed E-state index contributed by atoms with van der Waals surface area (Å²) in [4.78, 5) is 19.8. The minimum Gasteiger partial charge on any atom is -0.464 e. The highest BCUT2D eigenvalue weighted by atomic mass is 16.5. The number of rotatable bonds is 2. The third-order valence-electron chi connectivity index (χ3n) is 1.16. The maximum atomic E-state index is 10.2. The fraction of sp³-hybridized carbons (Fsp3) is 0.600. The van der Waals surface area contributed by atoms with Crippen molar-refractivity contribution in [3.05, 3.63) is 0 Å². The van der Waals surface area contributed by atoms with E-state index in [4.69, 9.17) is 0 Å². The molecule has 0 atom stereocenters. The van der Waals surface area contributed by atoms with Crippen LogP contribution in [0.2, 0.25) is 0 Å². The lowest BCUT2D eigenvalue weighted by Crippen LogP contribution is -2.30. The van der Waals surface area contributed by atoms with Gasteiger partial charge in [0.15, 0.2) is 0 Å². The second-order valence-corrected chi connectivity index (χ2v) is 1.80. The molecule has 44 valence electrons. The maximum absolute atomic E-state index is 10.2. The molecule has 0 saturated heterocycles. The van der Waals surface area contributed by atoms with Crippen molar-refractivity contribution in [2.45, 2.75) is 18.9 Å². The summed E-state index contributed by atoms with van der Waals surface area (Å²) in [6.45, 7) is 0.386. The number of carbonyl (C=O) groups is 2. The zero-order valence-corrected chi connectivity index (χ0v) is 4.29. The molecule has 0 aliphatic heterocycles. The molecule has 8 heavy (non-hydrogen) atoms. The lowest BCUT2D eigenvalue weighted by atomic mass is 9.94. The van der Waals surface area contributed by atoms with Crippen molar-refractivity contribution in [2.75, 3.05) is 0 Å². The molecule has 0 amide bonds. The van der Waals surface area contributed by atoms with E-state index in [-0.39, 0.29) is 11.9 Å². The van der Waals surface area contributed by atoms with Crippen molar-refractivity contribution >= 4 is 12.3 Å². The van der Waals surface area contributed by atoms with Crippen molar-refractivity contribution in [3.63, 3.8) is 0 Å². The van der Waals surface area contributed by atoms with Gasteiger partial charge in [0.25, 0.3) is 6.47 Å². The lowest BCUT2D eigenvalue weighted by Gasteiger charge is -2.20. The molecule has 3 nitrogen and oxygen atoms in total. The zero-order chi connectivity index (χ0) is 5.98. The average molecular weight is 114 g/mol. The SMILES string of the molecule is O=COC1CC(=O)C1. The molecule has 1 aliphatic carbocycles. The zero-order valence-electron chi connectivity index (χ0n) is 4.29. The smallest absolute Gasteiger partial charge is 0.293 e. The number of ether oxygens (including phenoxy) is 1. The van der Waals surface area contributed by atoms with E-state index in [1.807, 2.05) is 0 Å². The predicted molar refractivity (Wildman–Crippen MR) is 25.2 cm³/mol. The van der Waals surface area contributed by atoms with Crippen LogP contribution in [0.3, 0.4) is 0 Å². The molecule has 0 bridgehead atoms. The molecule has 0 aromatic carbocycles. The standard InChI is InChI=1S/C5H6O3/c6-3-8-5-1-4(7)2-5/h3,5H,1-2H2. The first-order chi connectivity index (χ1) is 3.83. The Balaban J connectivity index is 2.15. The number of hydrogen-bond acceptors (Lipinski definition) is 3. The van der Waals surface area contributed by atoms with Crippen molar-refractivity contribution in [3.8, 4) is 0 Å². The summed E-state index contributed by atoms with van der Waals surface area (Å²) in [5.41, 5.74) is 0. The van der Waals surface area contributed by atoms with E-state index in [0.717, 1.165) is 0 Å². The van der Waals surface area contributed by atoms with Crippen LogP contribution in [-0.4, -0.2) is 18.4 Å². The fourth-order valence-corrected chi connectivity index (χ4v) is 0.623. The van der Waals surface area contributed by atoms with E-state index in [1.54, 1.807) is 0 Å². The molecule has 1 saturated carbocycles. The van der Waals surface area contributed by atoms with Gasteiger partial charge in [0.1, 0.15) is 11.9 Å². The van der Waals surface area contributed by atoms with Crippen LogP contribution in [0.5, 0.6) is 0 Å². The predicted octanol–water partition coefficient (Wildman–Crippen LogP) is -0.109. The Morgan fingerprint density at radius 3 is 2.62 bits per heavy atom. The Kier molecular flexibility index (Phi) is 1.28. The Morgan fingerprint density at radius 1 is 1.62 bits per heavy atom. The Bertz CT molecular complexity index is 108. The Labute approximate surface area is 46.6 Å². The first-order valence-corrected chi connectivity index (χ1v) is 2.43. The van der Waals surface area contributed by atoms with E-state index < -0.39 is 0 Å². The third-order valence-corrected chi connectivity index (χ3v) is 1.16. The number of ketones is 1. The minimum atomic E-state index is -0.111. The monoisotopic (exact) mass is 114 g/mol. The summed E-state index contributed by atoms with van der Waals surface area (Å²) < 4.78 is 4.45. The van der Waals surface area contributed by atoms with Crippen molar-refractivity contribution in [1.29, 1.82) is 0 Å². The molecule has 1 rings (SSSR count). The highest BCUT2D eigenvalue weighted by Gasteiger charge is 2.27. The molecule has 0 spiro atoms. The van der Waals surface area contributed by atoms with Crippen LogP contribution < -0.4 is 0 Å². The van der Waals surface area contributed by atoms with Gasteiger partial charge in [0.2, 0.25) is 0 Å². The average Bonchev–Trinajstić information content (AvgIpc) is 1.64. The summed E-state index contributed by atoms with van der Waals surface area (Å²) in [7, 11) is 0. The molecule has 1 aliphatic rings. The largest absolute Gasteiger partial charge is 0.464 e. The van der Waals surface area contributed by atoms with E-state index >= 15 is 0 Å². The highest BCUT2D eigenvalue weighted by Crippen LogP contribution is 2.16. The summed E-state index contributed by atoms with van der Waals surface area (Å²) in [6, 6.07) is 0. The van der Waals surface area contributed by atoms with Crippen LogP contribution in [0.1, 0.15) is 12.8 Å². The summed E-state index contributed by atoms with van der Waals surface area (Å²) >= 11 is 0. The van der Waals surface area contributed by atoms with Gasteiger partial charge < -0.3 is 4.74 Å². The number of Topliss-reactive ketones (excluding diaryl/α,β-unsaturated/α-hetero) is 1. The Morgan fingerprint density at radius 2 is 2.25 bits per heavy atom. The molecule has 0 N–H and O–H groups in total. The van der Waals surface area contributed by atoms with Gasteiger partial charge in [-0.1, -0.05) is 0 Å². The summed E-state index contributed by atoms with van der Waals surface area (Å²) in [5, 5.41) is 0. The van der Waals surface area contributed by atoms with Crippen LogP contribution in [0.15, 0.2) is 0 Å². The molecule has 0 unspecified atom stereocenters. The molecule has 0 aromatic heterocycles. The van der Waals surface area contributed by atoms with Crippen LogP contribution in [0.25, 0.3) is 0 Å². The topological polar surface area (TPSA) is 43.4 Å². The fourth-order valence-electron chi connectivity index (χ4n) is 0.623. The lowest BCUT2D eigenvalue weighted by molar-refractivity contribution is -0.144. The van der Waals surface area contributed by atoms with Crippen LogP contribution >= 0.6 is 0 Å².